The molecule has 0 unspecified atom stereocenters. The lowest BCUT2D eigenvalue weighted by molar-refractivity contribution is -0.118. The zero-order chi connectivity index (χ0) is 19.2. The number of nitrogens with one attached hydrogen (secondary N) is 1. The average Bonchev–Trinajstić information content (AvgIpc) is 3.00. The van der Waals surface area contributed by atoms with Gasteiger partial charge in [0.05, 0.1) is 18.0 Å². The highest BCUT2D eigenvalue weighted by atomic mass is 16.5. The van der Waals surface area contributed by atoms with Crippen LogP contribution >= 0.6 is 0 Å². The van der Waals surface area contributed by atoms with Gasteiger partial charge in [0.25, 0.3) is 5.91 Å². The minimum absolute atomic E-state index is 0.0713. The molecule has 1 amide bonds. The van der Waals surface area contributed by atoms with Crippen LogP contribution in [-0.2, 0) is 4.79 Å². The fraction of sp³-hybridized carbons (Fsp3) is 0.238. The van der Waals surface area contributed by atoms with Gasteiger partial charge in [-0.15, -0.1) is 0 Å². The van der Waals surface area contributed by atoms with E-state index in [4.69, 9.17) is 9.47 Å². The quantitative estimate of drug-likeness (QED) is 0.689. The molecule has 3 aromatic rings. The highest BCUT2D eigenvalue weighted by Crippen LogP contribution is 2.19. The Labute approximate surface area is 158 Å². The van der Waals surface area contributed by atoms with Crippen molar-refractivity contribution in [2.75, 3.05) is 18.5 Å². The minimum Gasteiger partial charge on any atom is -0.494 e. The number of nitrogens with zero attached hydrogens (tertiary/aromatic N) is 2. The van der Waals surface area contributed by atoms with Gasteiger partial charge in [-0.1, -0.05) is 6.07 Å². The highest BCUT2D eigenvalue weighted by Gasteiger charge is 2.07. The molecule has 0 radical (unpaired) electrons. The molecule has 140 valence electrons. The van der Waals surface area contributed by atoms with Crippen LogP contribution in [-0.4, -0.2) is 28.9 Å². The maximum Gasteiger partial charge on any atom is 0.262 e. The molecule has 2 aromatic carbocycles. The van der Waals surface area contributed by atoms with Crippen LogP contribution in [0, 0.1) is 13.8 Å². The van der Waals surface area contributed by atoms with E-state index in [9.17, 15) is 4.79 Å². The van der Waals surface area contributed by atoms with Crippen molar-refractivity contribution in [3.63, 3.8) is 0 Å². The van der Waals surface area contributed by atoms with E-state index in [1.54, 1.807) is 12.1 Å². The number of rotatable bonds is 7. The number of ether oxygens (including phenoxy) is 2. The Balaban J connectivity index is 1.59. The van der Waals surface area contributed by atoms with Crippen LogP contribution in [0.3, 0.4) is 0 Å². The number of amides is 1. The fourth-order valence-electron chi connectivity index (χ4n) is 2.75. The summed E-state index contributed by atoms with van der Waals surface area (Å²) in [5, 5.41) is 7.32. The van der Waals surface area contributed by atoms with E-state index in [1.807, 2.05) is 67.9 Å². The summed E-state index contributed by atoms with van der Waals surface area (Å²) < 4.78 is 12.8. The largest absolute Gasteiger partial charge is 0.494 e. The van der Waals surface area contributed by atoms with Crippen molar-refractivity contribution in [3.05, 3.63) is 66.0 Å². The van der Waals surface area contributed by atoms with Crippen LogP contribution in [0.4, 0.5) is 5.69 Å². The molecule has 0 bridgehead atoms. The molecule has 3 rings (SSSR count). The van der Waals surface area contributed by atoms with Crippen molar-refractivity contribution >= 4 is 11.6 Å². The summed E-state index contributed by atoms with van der Waals surface area (Å²) in [6, 6.07) is 16.8. The molecule has 6 nitrogen and oxygen atoms in total. The van der Waals surface area contributed by atoms with Gasteiger partial charge in [0, 0.05) is 11.4 Å². The Morgan fingerprint density at radius 1 is 1.04 bits per heavy atom. The smallest absolute Gasteiger partial charge is 0.262 e. The van der Waals surface area contributed by atoms with Crippen LogP contribution in [0.1, 0.15) is 18.3 Å². The minimum atomic E-state index is -0.227. The monoisotopic (exact) mass is 365 g/mol. The summed E-state index contributed by atoms with van der Waals surface area (Å²) in [4.78, 5) is 12.2. The zero-order valence-corrected chi connectivity index (χ0v) is 15.7. The predicted octanol–water partition coefficient (Wildman–Crippen LogP) is 3.91. The van der Waals surface area contributed by atoms with E-state index in [0.717, 1.165) is 22.8 Å². The van der Waals surface area contributed by atoms with Crippen LogP contribution < -0.4 is 14.8 Å². The third kappa shape index (κ3) is 4.88. The number of hydrogen-bond acceptors (Lipinski definition) is 4. The predicted molar refractivity (Wildman–Crippen MR) is 105 cm³/mol. The molecule has 0 aliphatic rings. The second-order valence-electron chi connectivity index (χ2n) is 6.13. The lowest BCUT2D eigenvalue weighted by Crippen LogP contribution is -2.20. The van der Waals surface area contributed by atoms with Crippen molar-refractivity contribution < 1.29 is 14.3 Å². The molecule has 0 atom stereocenters. The van der Waals surface area contributed by atoms with Crippen LogP contribution in [0.2, 0.25) is 0 Å². The number of carbonyl (C=O) groups is 1. The molecule has 0 spiro atoms. The van der Waals surface area contributed by atoms with Crippen LogP contribution in [0.5, 0.6) is 11.5 Å². The highest BCUT2D eigenvalue weighted by molar-refractivity contribution is 5.92. The Hall–Kier alpha value is -3.28. The molecule has 1 N–H and O–H groups in total. The molecular formula is C21H23N3O3. The Morgan fingerprint density at radius 2 is 1.74 bits per heavy atom. The normalized spacial score (nSPS) is 10.5. The zero-order valence-electron chi connectivity index (χ0n) is 15.7. The Morgan fingerprint density at radius 3 is 2.37 bits per heavy atom. The van der Waals surface area contributed by atoms with Gasteiger partial charge < -0.3 is 14.8 Å². The molecule has 0 aliphatic carbocycles. The van der Waals surface area contributed by atoms with Crippen molar-refractivity contribution in [1.29, 1.82) is 0 Å². The van der Waals surface area contributed by atoms with Gasteiger partial charge in [-0.2, -0.15) is 5.10 Å². The van der Waals surface area contributed by atoms with Gasteiger partial charge in [0.15, 0.2) is 6.61 Å². The first-order valence-corrected chi connectivity index (χ1v) is 8.84. The lowest BCUT2D eigenvalue weighted by Gasteiger charge is -2.10. The van der Waals surface area contributed by atoms with E-state index in [-0.39, 0.29) is 12.5 Å². The van der Waals surface area contributed by atoms with E-state index in [0.29, 0.717) is 18.0 Å². The molecule has 0 aliphatic heterocycles. The van der Waals surface area contributed by atoms with E-state index >= 15 is 0 Å². The van der Waals surface area contributed by atoms with Crippen molar-refractivity contribution in [2.24, 2.45) is 0 Å². The second kappa shape index (κ2) is 8.40. The average molecular weight is 365 g/mol. The van der Waals surface area contributed by atoms with Crippen LogP contribution in [0.15, 0.2) is 54.6 Å². The number of benzene rings is 2. The number of aromatic nitrogens is 2. The number of hydrogen-bond donors (Lipinski definition) is 1. The first kappa shape index (κ1) is 18.5. The second-order valence-corrected chi connectivity index (χ2v) is 6.13. The van der Waals surface area contributed by atoms with E-state index < -0.39 is 0 Å². The molecule has 1 aromatic heterocycles. The Bertz CT molecular complexity index is 917. The van der Waals surface area contributed by atoms with E-state index in [2.05, 4.69) is 10.4 Å². The summed E-state index contributed by atoms with van der Waals surface area (Å²) in [5.74, 6) is 1.16. The fourth-order valence-corrected chi connectivity index (χ4v) is 2.75. The van der Waals surface area contributed by atoms with Gasteiger partial charge in [0.1, 0.15) is 11.5 Å². The first-order valence-electron chi connectivity index (χ1n) is 8.84. The maximum absolute atomic E-state index is 12.2. The van der Waals surface area contributed by atoms with Crippen LogP contribution in [0.25, 0.3) is 5.69 Å². The molecule has 0 saturated carbocycles. The van der Waals surface area contributed by atoms with Gasteiger partial charge in [0.2, 0.25) is 0 Å². The maximum atomic E-state index is 12.2. The van der Waals surface area contributed by atoms with E-state index in [1.165, 1.54) is 0 Å². The first-order chi connectivity index (χ1) is 13.0. The number of carbonyl (C=O) groups excluding carboxylic acids is 1. The molecule has 6 heteroatoms. The van der Waals surface area contributed by atoms with Crippen molar-refractivity contribution in [1.82, 2.24) is 9.78 Å². The third-order valence-corrected chi connectivity index (χ3v) is 3.89. The van der Waals surface area contributed by atoms with Gasteiger partial charge in [-0.05, 0) is 69.3 Å². The topological polar surface area (TPSA) is 65.4 Å². The molecule has 27 heavy (non-hydrogen) atoms. The summed E-state index contributed by atoms with van der Waals surface area (Å²) >= 11 is 0. The van der Waals surface area contributed by atoms with Crippen molar-refractivity contribution in [3.8, 4) is 17.2 Å². The van der Waals surface area contributed by atoms with Gasteiger partial charge in [-0.3, -0.25) is 4.79 Å². The molecule has 1 heterocycles. The van der Waals surface area contributed by atoms with Crippen molar-refractivity contribution in [2.45, 2.75) is 20.8 Å². The van der Waals surface area contributed by atoms with Gasteiger partial charge in [-0.25, -0.2) is 4.68 Å². The number of anilines is 1. The number of aryl methyl sites for hydroxylation is 2. The summed E-state index contributed by atoms with van der Waals surface area (Å²) in [6.45, 7) is 6.42. The summed E-state index contributed by atoms with van der Waals surface area (Å²) in [7, 11) is 0. The summed E-state index contributed by atoms with van der Waals surface area (Å²) in [5.41, 5.74) is 3.58. The molecular weight excluding hydrogens is 342 g/mol. The Kier molecular flexibility index (Phi) is 5.76. The molecule has 0 saturated heterocycles. The van der Waals surface area contributed by atoms with Gasteiger partial charge >= 0.3 is 0 Å². The third-order valence-electron chi connectivity index (χ3n) is 3.89. The standard InChI is InChI=1S/C21H23N3O3/c1-4-26-19-8-10-20(11-9-19)27-14-21(25)22-17-6-5-7-18(13-17)24-16(3)12-15(2)23-24/h5-13H,4,14H2,1-3H3,(H,22,25). The summed E-state index contributed by atoms with van der Waals surface area (Å²) in [6.07, 6.45) is 0. The SMILES string of the molecule is CCOc1ccc(OCC(=O)Nc2cccc(-n3nc(C)cc3C)c2)cc1. The lowest BCUT2D eigenvalue weighted by atomic mass is 10.2. The molecule has 0 fully saturated rings.